The first-order valence-electron chi connectivity index (χ1n) is 5.53. The molecule has 0 spiro atoms. The summed E-state index contributed by atoms with van der Waals surface area (Å²) in [6.45, 7) is 0. The van der Waals surface area contributed by atoms with Crippen LogP contribution in [-0.2, 0) is 9.84 Å². The first-order valence-corrected chi connectivity index (χ1v) is 7.80. The molecule has 0 aliphatic heterocycles. The van der Waals surface area contributed by atoms with Crippen molar-refractivity contribution in [3.8, 4) is 0 Å². The molecular formula is C12H12ClN3O3S. The van der Waals surface area contributed by atoms with E-state index < -0.39 is 9.84 Å². The molecule has 1 heterocycles. The normalized spacial score (nSPS) is 11.2. The fourth-order valence-electron chi connectivity index (χ4n) is 1.60. The third-order valence-corrected chi connectivity index (χ3v) is 4.07. The highest BCUT2D eigenvalue weighted by atomic mass is 35.5. The molecule has 0 aliphatic carbocycles. The zero-order valence-electron chi connectivity index (χ0n) is 10.5. The average Bonchev–Trinajstić information content (AvgIpc) is 2.37. The van der Waals surface area contributed by atoms with Crippen molar-refractivity contribution in [1.29, 1.82) is 0 Å². The predicted molar refractivity (Wildman–Crippen MR) is 77.5 cm³/mol. The summed E-state index contributed by atoms with van der Waals surface area (Å²) in [5.41, 5.74) is 3.07. The van der Waals surface area contributed by atoms with Crippen molar-refractivity contribution >= 4 is 38.6 Å². The number of halogens is 1. The van der Waals surface area contributed by atoms with Crippen LogP contribution >= 0.6 is 11.6 Å². The molecule has 8 heteroatoms. The molecule has 2 rings (SSSR count). The van der Waals surface area contributed by atoms with Crippen molar-refractivity contribution in [3.63, 3.8) is 0 Å². The topological polar surface area (TPSA) is 91.3 Å². The van der Waals surface area contributed by atoms with Crippen LogP contribution in [0.4, 0.5) is 17.2 Å². The highest BCUT2D eigenvalue weighted by molar-refractivity contribution is 7.90. The van der Waals surface area contributed by atoms with Gasteiger partial charge in [-0.15, -0.1) is 0 Å². The number of benzene rings is 1. The van der Waals surface area contributed by atoms with Crippen molar-refractivity contribution in [3.05, 3.63) is 41.6 Å². The fourth-order valence-corrected chi connectivity index (χ4v) is 2.92. The van der Waals surface area contributed by atoms with Crippen molar-refractivity contribution in [2.45, 2.75) is 4.90 Å². The van der Waals surface area contributed by atoms with Gasteiger partial charge in [-0.2, -0.15) is 0 Å². The van der Waals surface area contributed by atoms with Gasteiger partial charge in [0.15, 0.2) is 9.84 Å². The molecule has 1 aromatic heterocycles. The Morgan fingerprint density at radius 1 is 1.20 bits per heavy atom. The Morgan fingerprint density at radius 2 is 1.95 bits per heavy atom. The lowest BCUT2D eigenvalue weighted by Crippen LogP contribution is -2.00. The van der Waals surface area contributed by atoms with Gasteiger partial charge in [-0.05, 0) is 24.3 Å². The van der Waals surface area contributed by atoms with Gasteiger partial charge in [0.2, 0.25) is 0 Å². The van der Waals surface area contributed by atoms with E-state index in [0.717, 1.165) is 6.26 Å². The SMILES string of the molecule is CS(=O)(=O)c1ccc(Nc2cc(NO)ccn2)cc1Cl. The van der Waals surface area contributed by atoms with Gasteiger partial charge < -0.3 is 5.32 Å². The maximum atomic E-state index is 11.5. The molecule has 0 bridgehead atoms. The third-order valence-electron chi connectivity index (χ3n) is 2.49. The summed E-state index contributed by atoms with van der Waals surface area (Å²) in [6.07, 6.45) is 2.60. The summed E-state index contributed by atoms with van der Waals surface area (Å²) in [7, 11) is -3.35. The second-order valence-electron chi connectivity index (χ2n) is 4.08. The van der Waals surface area contributed by atoms with Crippen molar-refractivity contribution in [2.24, 2.45) is 0 Å². The maximum absolute atomic E-state index is 11.5. The molecule has 0 saturated heterocycles. The van der Waals surface area contributed by atoms with Crippen LogP contribution in [0.25, 0.3) is 0 Å². The zero-order valence-corrected chi connectivity index (χ0v) is 12.0. The molecule has 0 atom stereocenters. The van der Waals surface area contributed by atoms with Crippen molar-refractivity contribution in [2.75, 3.05) is 17.1 Å². The Labute approximate surface area is 121 Å². The van der Waals surface area contributed by atoms with Crippen LogP contribution in [0.5, 0.6) is 0 Å². The van der Waals surface area contributed by atoms with Crippen LogP contribution in [0.2, 0.25) is 5.02 Å². The number of aromatic nitrogens is 1. The van der Waals surface area contributed by atoms with Crippen LogP contribution in [0.1, 0.15) is 0 Å². The van der Waals surface area contributed by atoms with Gasteiger partial charge in [0.25, 0.3) is 0 Å². The highest BCUT2D eigenvalue weighted by Crippen LogP contribution is 2.26. The summed E-state index contributed by atoms with van der Waals surface area (Å²) in [6, 6.07) is 7.68. The van der Waals surface area contributed by atoms with Crippen LogP contribution in [0, 0.1) is 0 Å². The van der Waals surface area contributed by atoms with E-state index in [2.05, 4.69) is 10.3 Å². The highest BCUT2D eigenvalue weighted by Gasteiger charge is 2.12. The Kier molecular flexibility index (Phi) is 4.12. The van der Waals surface area contributed by atoms with E-state index in [1.807, 2.05) is 5.48 Å². The average molecular weight is 314 g/mol. The lowest BCUT2D eigenvalue weighted by atomic mass is 10.3. The Hall–Kier alpha value is -1.83. The minimum absolute atomic E-state index is 0.0726. The standard InChI is InChI=1S/C12H12ClN3O3S/c1-20(18,19)11-3-2-8(6-10(11)13)15-12-7-9(16-17)4-5-14-12/h2-7,17H,1H3,(H2,14,15,16). The number of anilines is 3. The van der Waals surface area contributed by atoms with Gasteiger partial charge in [0.1, 0.15) is 5.82 Å². The summed E-state index contributed by atoms with van der Waals surface area (Å²) in [4.78, 5) is 4.13. The first-order chi connectivity index (χ1) is 9.40. The second kappa shape index (κ2) is 5.66. The third kappa shape index (κ3) is 3.38. The molecule has 2 aromatic rings. The lowest BCUT2D eigenvalue weighted by Gasteiger charge is -2.09. The van der Waals surface area contributed by atoms with E-state index >= 15 is 0 Å². The minimum atomic E-state index is -3.35. The molecule has 0 fully saturated rings. The summed E-state index contributed by atoms with van der Waals surface area (Å²) >= 11 is 5.95. The van der Waals surface area contributed by atoms with Gasteiger partial charge in [0, 0.05) is 24.2 Å². The number of nitrogens with one attached hydrogen (secondary N) is 2. The van der Waals surface area contributed by atoms with E-state index in [1.54, 1.807) is 18.2 Å². The van der Waals surface area contributed by atoms with Gasteiger partial charge in [0.05, 0.1) is 15.6 Å². The van der Waals surface area contributed by atoms with E-state index in [4.69, 9.17) is 16.8 Å². The van der Waals surface area contributed by atoms with Crippen molar-refractivity contribution in [1.82, 2.24) is 4.98 Å². The predicted octanol–water partition coefficient (Wildman–Crippen LogP) is 2.68. The van der Waals surface area contributed by atoms with Gasteiger partial charge in [-0.25, -0.2) is 13.4 Å². The second-order valence-corrected chi connectivity index (χ2v) is 6.48. The Morgan fingerprint density at radius 3 is 2.55 bits per heavy atom. The van der Waals surface area contributed by atoms with Crippen LogP contribution in [-0.4, -0.2) is 24.9 Å². The van der Waals surface area contributed by atoms with Crippen LogP contribution < -0.4 is 10.8 Å². The number of nitrogens with zero attached hydrogens (tertiary/aromatic N) is 1. The molecular weight excluding hydrogens is 302 g/mol. The molecule has 6 nitrogen and oxygen atoms in total. The molecule has 0 unspecified atom stereocenters. The minimum Gasteiger partial charge on any atom is -0.340 e. The van der Waals surface area contributed by atoms with Crippen LogP contribution in [0.3, 0.4) is 0 Å². The van der Waals surface area contributed by atoms with Gasteiger partial charge >= 0.3 is 0 Å². The molecule has 0 radical (unpaired) electrons. The molecule has 1 aromatic carbocycles. The number of rotatable bonds is 4. The monoisotopic (exact) mass is 313 g/mol. The summed E-state index contributed by atoms with van der Waals surface area (Å²) in [5.74, 6) is 0.479. The quantitative estimate of drug-likeness (QED) is 0.752. The Bertz CT molecular complexity index is 734. The largest absolute Gasteiger partial charge is 0.340 e. The molecule has 106 valence electrons. The summed E-state index contributed by atoms with van der Waals surface area (Å²) < 4.78 is 22.9. The molecule has 0 aliphatic rings. The lowest BCUT2D eigenvalue weighted by molar-refractivity contribution is 0.389. The smallest absolute Gasteiger partial charge is 0.176 e. The number of hydrogen-bond acceptors (Lipinski definition) is 6. The van der Waals surface area contributed by atoms with Crippen LogP contribution in [0.15, 0.2) is 41.4 Å². The zero-order chi connectivity index (χ0) is 14.8. The van der Waals surface area contributed by atoms with E-state index in [9.17, 15) is 8.42 Å². The molecule has 0 amide bonds. The molecule has 0 saturated carbocycles. The fraction of sp³-hybridized carbons (Fsp3) is 0.0833. The summed E-state index contributed by atoms with van der Waals surface area (Å²) in [5, 5.41) is 11.9. The van der Waals surface area contributed by atoms with Gasteiger partial charge in [-0.1, -0.05) is 11.6 Å². The van der Waals surface area contributed by atoms with Gasteiger partial charge in [-0.3, -0.25) is 10.7 Å². The van der Waals surface area contributed by atoms with Crippen molar-refractivity contribution < 1.29 is 13.6 Å². The Balaban J connectivity index is 2.29. The van der Waals surface area contributed by atoms with E-state index in [-0.39, 0.29) is 9.92 Å². The number of hydrogen-bond donors (Lipinski definition) is 3. The van der Waals surface area contributed by atoms with E-state index in [1.165, 1.54) is 18.3 Å². The molecule has 3 N–H and O–H groups in total. The first kappa shape index (κ1) is 14.6. The number of sulfone groups is 1. The number of pyridine rings is 1. The molecule has 20 heavy (non-hydrogen) atoms. The maximum Gasteiger partial charge on any atom is 0.176 e. The van der Waals surface area contributed by atoms with E-state index in [0.29, 0.717) is 17.2 Å².